The SMILES string of the molecule is O=C([O-])c1cccc(C(=O)[O-])n1.O=C([O-])c1cccc(C(=O)[O-])n1.O=C([O-])c1cccc(C(=O)[O-])n1.[Eu+3]. The topological polar surface area (TPSA) is 279 Å². The Morgan fingerprint density at radius 1 is 0.378 bits per heavy atom. The van der Waals surface area contributed by atoms with Crippen LogP contribution in [0.1, 0.15) is 62.9 Å². The van der Waals surface area contributed by atoms with Crippen molar-refractivity contribution in [2.45, 2.75) is 0 Å². The van der Waals surface area contributed by atoms with Crippen molar-refractivity contribution in [3.8, 4) is 0 Å². The third-order valence-corrected chi connectivity index (χ3v) is 3.50. The summed E-state index contributed by atoms with van der Waals surface area (Å²) in [6, 6.07) is 10.6. The van der Waals surface area contributed by atoms with Crippen LogP contribution < -0.4 is 30.6 Å². The van der Waals surface area contributed by atoms with Crippen LogP contribution in [0, 0.1) is 49.4 Å². The molecule has 0 saturated carbocycles. The second-order valence-corrected chi connectivity index (χ2v) is 5.95. The smallest absolute Gasteiger partial charge is 0.543 e. The Kier molecular flexibility index (Phi) is 14.0. The zero-order valence-electron chi connectivity index (χ0n) is 17.8. The van der Waals surface area contributed by atoms with Crippen LogP contribution in [0.5, 0.6) is 0 Å². The number of aromatic carboxylic acids is 6. The minimum absolute atomic E-state index is 0. The minimum atomic E-state index is -1.52. The van der Waals surface area contributed by atoms with Gasteiger partial charge in [0.15, 0.2) is 0 Å². The predicted octanol–water partition coefficient (Wildman–Crippen LogP) is -6.57. The Morgan fingerprint density at radius 2 is 0.514 bits per heavy atom. The van der Waals surface area contributed by atoms with Crippen molar-refractivity contribution < 1.29 is 109 Å². The molecule has 0 atom stereocenters. The van der Waals surface area contributed by atoms with Crippen molar-refractivity contribution in [1.29, 1.82) is 0 Å². The maximum absolute atomic E-state index is 10.2. The Morgan fingerprint density at radius 3 is 0.622 bits per heavy atom. The number of hydrogen-bond donors (Lipinski definition) is 0. The second-order valence-electron chi connectivity index (χ2n) is 5.95. The molecule has 16 heteroatoms. The molecular formula is C21H9EuN3O12-3. The molecule has 0 aliphatic heterocycles. The third kappa shape index (κ3) is 11.4. The fourth-order valence-electron chi connectivity index (χ4n) is 1.99. The van der Waals surface area contributed by atoms with Gasteiger partial charge in [0, 0.05) is 0 Å². The first-order chi connectivity index (χ1) is 16.8. The van der Waals surface area contributed by atoms with Gasteiger partial charge in [-0.2, -0.15) is 0 Å². The Hall–Kier alpha value is -4.15. The van der Waals surface area contributed by atoms with Crippen molar-refractivity contribution >= 4 is 35.8 Å². The molecule has 0 spiro atoms. The first-order valence-electron chi connectivity index (χ1n) is 9.02. The van der Waals surface area contributed by atoms with E-state index in [1.165, 1.54) is 18.2 Å². The molecule has 0 aliphatic rings. The Labute approximate surface area is 246 Å². The van der Waals surface area contributed by atoms with Crippen LogP contribution in [0.3, 0.4) is 0 Å². The van der Waals surface area contributed by atoms with Gasteiger partial charge in [-0.05, 0) is 36.4 Å². The maximum atomic E-state index is 10.2. The number of pyridine rings is 3. The van der Waals surface area contributed by atoms with Crippen LogP contribution in [-0.4, -0.2) is 50.8 Å². The van der Waals surface area contributed by atoms with Gasteiger partial charge in [0.25, 0.3) is 0 Å². The number of carbonyl (C=O) groups excluding carboxylic acids is 6. The van der Waals surface area contributed by atoms with Gasteiger partial charge in [-0.15, -0.1) is 0 Å². The van der Waals surface area contributed by atoms with E-state index in [4.69, 9.17) is 0 Å². The van der Waals surface area contributed by atoms with E-state index in [9.17, 15) is 59.4 Å². The first-order valence-corrected chi connectivity index (χ1v) is 9.02. The molecular weight excluding hydrogens is 638 g/mol. The molecule has 0 saturated heterocycles. The summed E-state index contributed by atoms with van der Waals surface area (Å²) in [5.41, 5.74) is -2.52. The van der Waals surface area contributed by atoms with Crippen molar-refractivity contribution in [3.63, 3.8) is 0 Å². The number of carboxylic acid groups (broad SMARTS) is 6. The van der Waals surface area contributed by atoms with Crippen molar-refractivity contribution in [2.24, 2.45) is 0 Å². The van der Waals surface area contributed by atoms with Crippen LogP contribution in [0.4, 0.5) is 0 Å². The summed E-state index contributed by atoms with van der Waals surface area (Å²) in [6.45, 7) is 0. The Bertz CT molecular complexity index is 1080. The molecule has 0 fully saturated rings. The molecule has 0 N–H and O–H groups in total. The maximum Gasteiger partial charge on any atom is 3.00 e. The quantitative estimate of drug-likeness (QED) is 0.240. The molecule has 0 unspecified atom stereocenters. The monoisotopic (exact) mass is 648 g/mol. The third-order valence-electron chi connectivity index (χ3n) is 3.50. The summed E-state index contributed by atoms with van der Waals surface area (Å²) >= 11 is 0. The largest absolute Gasteiger partial charge is 3.00 e. The van der Waals surface area contributed by atoms with E-state index < -0.39 is 70.0 Å². The molecule has 0 aliphatic carbocycles. The first kappa shape index (κ1) is 32.9. The van der Waals surface area contributed by atoms with Crippen LogP contribution in [0.25, 0.3) is 0 Å². The minimum Gasteiger partial charge on any atom is -0.543 e. The molecule has 0 aromatic carbocycles. The van der Waals surface area contributed by atoms with Gasteiger partial charge in [0.1, 0.15) is 0 Å². The molecule has 190 valence electrons. The fraction of sp³-hybridized carbons (Fsp3) is 0. The summed E-state index contributed by atoms with van der Waals surface area (Å²) in [7, 11) is 0. The molecule has 15 nitrogen and oxygen atoms in total. The molecule has 3 aromatic rings. The molecule has 0 amide bonds. The van der Waals surface area contributed by atoms with E-state index in [1.807, 2.05) is 0 Å². The summed E-state index contributed by atoms with van der Waals surface area (Å²) in [6.07, 6.45) is 0. The number of hydrogen-bond acceptors (Lipinski definition) is 15. The standard InChI is InChI=1S/3C7H5NO4.Eu/c3*9-6(10)4-2-1-3-5(8-4)7(11)12;/h3*1-3H,(H,9,10)(H,11,12);/q;;;+3/p-6. The van der Waals surface area contributed by atoms with E-state index in [2.05, 4.69) is 15.0 Å². The Balaban J connectivity index is 0.000000518. The van der Waals surface area contributed by atoms with Crippen molar-refractivity contribution in [1.82, 2.24) is 15.0 Å². The predicted molar refractivity (Wildman–Crippen MR) is 98.7 cm³/mol. The molecule has 3 aromatic heterocycles. The van der Waals surface area contributed by atoms with Crippen LogP contribution in [-0.2, 0) is 0 Å². The van der Waals surface area contributed by atoms with Gasteiger partial charge < -0.3 is 59.4 Å². The zero-order chi connectivity index (χ0) is 27.4. The van der Waals surface area contributed by atoms with E-state index in [-0.39, 0.29) is 49.4 Å². The number of rotatable bonds is 6. The average Bonchev–Trinajstić information content (AvgIpc) is 2.85. The van der Waals surface area contributed by atoms with Crippen LogP contribution >= 0.6 is 0 Å². The zero-order valence-corrected chi connectivity index (χ0v) is 20.2. The summed E-state index contributed by atoms with van der Waals surface area (Å²) in [5.74, 6) is -9.09. The van der Waals surface area contributed by atoms with Crippen LogP contribution in [0.15, 0.2) is 54.6 Å². The summed E-state index contributed by atoms with van der Waals surface area (Å²) in [4.78, 5) is 70.9. The number of carboxylic acids is 6. The summed E-state index contributed by atoms with van der Waals surface area (Å²) in [5, 5.41) is 61.1. The molecule has 0 radical (unpaired) electrons. The van der Waals surface area contributed by atoms with Crippen molar-refractivity contribution in [2.75, 3.05) is 0 Å². The van der Waals surface area contributed by atoms with E-state index in [0.717, 1.165) is 36.4 Å². The summed E-state index contributed by atoms with van der Waals surface area (Å²) < 4.78 is 0. The van der Waals surface area contributed by atoms with E-state index in [1.54, 1.807) is 0 Å². The molecule has 37 heavy (non-hydrogen) atoms. The molecule has 0 bridgehead atoms. The molecule has 3 heterocycles. The number of nitrogens with zero attached hydrogens (tertiary/aromatic N) is 3. The van der Waals surface area contributed by atoms with E-state index in [0.29, 0.717) is 0 Å². The van der Waals surface area contributed by atoms with Gasteiger partial charge in [-0.3, -0.25) is 0 Å². The van der Waals surface area contributed by atoms with Crippen LogP contribution in [0.2, 0.25) is 0 Å². The number of aromatic nitrogens is 3. The van der Waals surface area contributed by atoms with Gasteiger partial charge in [0.05, 0.1) is 70.0 Å². The fourth-order valence-corrected chi connectivity index (χ4v) is 1.99. The van der Waals surface area contributed by atoms with Gasteiger partial charge in [-0.1, -0.05) is 18.2 Å². The van der Waals surface area contributed by atoms with E-state index >= 15 is 0 Å². The van der Waals surface area contributed by atoms with Crippen molar-refractivity contribution in [3.05, 3.63) is 88.8 Å². The van der Waals surface area contributed by atoms with Gasteiger partial charge in [-0.25, -0.2) is 15.0 Å². The average molecular weight is 647 g/mol. The van der Waals surface area contributed by atoms with Gasteiger partial charge >= 0.3 is 49.4 Å². The molecule has 3 rings (SSSR count). The number of carbonyl (C=O) groups is 6. The van der Waals surface area contributed by atoms with Gasteiger partial charge in [0.2, 0.25) is 0 Å². The second kappa shape index (κ2) is 15.8. The normalized spacial score (nSPS) is 9.08.